The number of nitrogens with zero attached hydrogens (tertiary/aromatic N) is 2. The number of anilines is 1. The first kappa shape index (κ1) is 21.4. The number of esters is 1. The highest BCUT2D eigenvalue weighted by Gasteiger charge is 2.25. The molecule has 2 N–H and O–H groups in total. The highest BCUT2D eigenvalue weighted by Crippen LogP contribution is 2.31. The molecule has 0 spiro atoms. The van der Waals surface area contributed by atoms with Gasteiger partial charge in [0, 0.05) is 37.6 Å². The van der Waals surface area contributed by atoms with Crippen LogP contribution in [0.25, 0.3) is 10.9 Å². The Balaban J connectivity index is 1.69. The summed E-state index contributed by atoms with van der Waals surface area (Å²) in [6.45, 7) is 4.34. The molecule has 0 radical (unpaired) electrons. The Kier molecular flexibility index (Phi) is 6.78. The average molecular weight is 418 g/mol. The summed E-state index contributed by atoms with van der Waals surface area (Å²) in [4.78, 5) is 43.2. The Bertz CT molecular complexity index is 933. The first-order valence-corrected chi connectivity index (χ1v) is 9.68. The van der Waals surface area contributed by atoms with E-state index in [-0.39, 0.29) is 24.2 Å². The fraction of sp³-hybridized carbons (Fsp3) is 0.450. The standard InChI is InChI=1S/C20H26N4O6/c1-4-30-20(27)24-9-7-23(8-10-24)12-16(25)22-17-14-6-5-13(28-2)11-15(14)21-18(17)19(26)29-3/h5-6,11,21H,4,7-10,12H2,1-3H3,(H,22,25). The van der Waals surface area contributed by atoms with Crippen LogP contribution < -0.4 is 10.1 Å². The molecule has 10 nitrogen and oxygen atoms in total. The van der Waals surface area contributed by atoms with E-state index in [1.54, 1.807) is 37.1 Å². The number of carbonyl (C=O) groups excluding carboxylic acids is 3. The van der Waals surface area contributed by atoms with Crippen molar-refractivity contribution in [2.75, 3.05) is 58.9 Å². The molecule has 0 saturated carbocycles. The maximum atomic E-state index is 12.7. The van der Waals surface area contributed by atoms with E-state index in [2.05, 4.69) is 10.3 Å². The molecule has 1 aromatic heterocycles. The zero-order valence-corrected chi connectivity index (χ0v) is 17.3. The van der Waals surface area contributed by atoms with Gasteiger partial charge in [0.1, 0.15) is 11.4 Å². The van der Waals surface area contributed by atoms with Crippen molar-refractivity contribution < 1.29 is 28.6 Å². The first-order valence-electron chi connectivity index (χ1n) is 9.68. The molecule has 0 aliphatic carbocycles. The van der Waals surface area contributed by atoms with Crippen LogP contribution in [0.2, 0.25) is 0 Å². The van der Waals surface area contributed by atoms with Crippen molar-refractivity contribution in [1.29, 1.82) is 0 Å². The second kappa shape index (κ2) is 9.49. The molecular weight excluding hydrogens is 392 g/mol. The summed E-state index contributed by atoms with van der Waals surface area (Å²) in [5.41, 5.74) is 1.18. The normalized spacial score (nSPS) is 14.4. The Hall–Kier alpha value is -3.27. The molecule has 30 heavy (non-hydrogen) atoms. The predicted octanol–water partition coefficient (Wildman–Crippen LogP) is 1.68. The molecule has 1 aromatic carbocycles. The minimum Gasteiger partial charge on any atom is -0.497 e. The number of fused-ring (bicyclic) bond motifs is 1. The third-order valence-electron chi connectivity index (χ3n) is 4.93. The van der Waals surface area contributed by atoms with Gasteiger partial charge in [0.25, 0.3) is 0 Å². The zero-order chi connectivity index (χ0) is 21.7. The van der Waals surface area contributed by atoms with Gasteiger partial charge in [0.15, 0.2) is 0 Å². The van der Waals surface area contributed by atoms with E-state index >= 15 is 0 Å². The summed E-state index contributed by atoms with van der Waals surface area (Å²) < 4.78 is 15.1. The third kappa shape index (κ3) is 4.65. The molecule has 0 unspecified atom stereocenters. The van der Waals surface area contributed by atoms with E-state index in [0.29, 0.717) is 55.1 Å². The largest absolute Gasteiger partial charge is 0.497 e. The summed E-state index contributed by atoms with van der Waals surface area (Å²) in [6, 6.07) is 5.26. The SMILES string of the molecule is CCOC(=O)N1CCN(CC(=O)Nc2c(C(=O)OC)[nH]c3cc(OC)ccc23)CC1. The summed E-state index contributed by atoms with van der Waals surface area (Å²) in [7, 11) is 2.83. The van der Waals surface area contributed by atoms with Gasteiger partial charge >= 0.3 is 12.1 Å². The van der Waals surface area contributed by atoms with Crippen LogP contribution in [0.15, 0.2) is 18.2 Å². The molecule has 1 aliphatic rings. The second-order valence-electron chi connectivity index (χ2n) is 6.79. The molecule has 3 rings (SSSR count). The fourth-order valence-corrected chi connectivity index (χ4v) is 3.37. The smallest absolute Gasteiger partial charge is 0.409 e. The second-order valence-corrected chi connectivity index (χ2v) is 6.79. The zero-order valence-electron chi connectivity index (χ0n) is 17.3. The molecule has 2 heterocycles. The van der Waals surface area contributed by atoms with Gasteiger partial charge in [-0.25, -0.2) is 9.59 Å². The highest BCUT2D eigenvalue weighted by molar-refractivity contribution is 6.11. The summed E-state index contributed by atoms with van der Waals surface area (Å²) in [6.07, 6.45) is -0.335. The monoisotopic (exact) mass is 418 g/mol. The fourth-order valence-electron chi connectivity index (χ4n) is 3.37. The Labute approximate surface area is 174 Å². The first-order chi connectivity index (χ1) is 14.5. The minimum atomic E-state index is -0.580. The van der Waals surface area contributed by atoms with Gasteiger partial charge in [-0.15, -0.1) is 0 Å². The van der Waals surface area contributed by atoms with Gasteiger partial charge in [0.2, 0.25) is 5.91 Å². The van der Waals surface area contributed by atoms with Crippen LogP contribution >= 0.6 is 0 Å². The van der Waals surface area contributed by atoms with Crippen molar-refractivity contribution in [3.8, 4) is 5.75 Å². The van der Waals surface area contributed by atoms with Crippen molar-refractivity contribution in [3.05, 3.63) is 23.9 Å². The van der Waals surface area contributed by atoms with Gasteiger partial charge in [-0.1, -0.05) is 0 Å². The van der Waals surface area contributed by atoms with Crippen molar-refractivity contribution in [1.82, 2.24) is 14.8 Å². The number of piperazine rings is 1. The Morgan fingerprint density at radius 2 is 1.87 bits per heavy atom. The van der Waals surface area contributed by atoms with Crippen LogP contribution in [0, 0.1) is 0 Å². The minimum absolute atomic E-state index is 0.139. The quantitative estimate of drug-likeness (QED) is 0.686. The molecule has 1 fully saturated rings. The van der Waals surface area contributed by atoms with Gasteiger partial charge in [-0.2, -0.15) is 0 Å². The molecule has 1 saturated heterocycles. The molecular formula is C20H26N4O6. The molecule has 0 bridgehead atoms. The van der Waals surface area contributed by atoms with Crippen LogP contribution in [0.5, 0.6) is 5.75 Å². The number of carbonyl (C=O) groups is 3. The number of rotatable bonds is 6. The van der Waals surface area contributed by atoms with Gasteiger partial charge in [0.05, 0.1) is 38.6 Å². The molecule has 2 aromatic rings. The van der Waals surface area contributed by atoms with Gasteiger partial charge < -0.3 is 29.4 Å². The molecule has 0 atom stereocenters. The summed E-state index contributed by atoms with van der Waals surface area (Å²) in [5.74, 6) is -0.220. The highest BCUT2D eigenvalue weighted by atomic mass is 16.6. The lowest BCUT2D eigenvalue weighted by Gasteiger charge is -2.33. The van der Waals surface area contributed by atoms with Crippen LogP contribution in [-0.4, -0.2) is 86.3 Å². The number of amides is 2. The summed E-state index contributed by atoms with van der Waals surface area (Å²) >= 11 is 0. The third-order valence-corrected chi connectivity index (χ3v) is 4.93. The number of hydrogen-bond donors (Lipinski definition) is 2. The number of ether oxygens (including phenoxy) is 3. The lowest BCUT2D eigenvalue weighted by atomic mass is 10.2. The maximum Gasteiger partial charge on any atom is 0.409 e. The molecule has 10 heteroatoms. The van der Waals surface area contributed by atoms with Crippen molar-refractivity contribution in [2.45, 2.75) is 6.92 Å². The predicted molar refractivity (Wildman–Crippen MR) is 110 cm³/mol. The van der Waals surface area contributed by atoms with Crippen molar-refractivity contribution in [3.63, 3.8) is 0 Å². The molecule has 1 aliphatic heterocycles. The number of nitrogens with one attached hydrogen (secondary N) is 2. The van der Waals surface area contributed by atoms with Crippen LogP contribution in [-0.2, 0) is 14.3 Å². The number of aromatic nitrogens is 1. The van der Waals surface area contributed by atoms with Gasteiger partial charge in [-0.05, 0) is 19.1 Å². The lowest BCUT2D eigenvalue weighted by Crippen LogP contribution is -2.50. The number of benzene rings is 1. The van der Waals surface area contributed by atoms with Crippen LogP contribution in [0.3, 0.4) is 0 Å². The topological polar surface area (TPSA) is 113 Å². The number of H-pyrrole nitrogens is 1. The summed E-state index contributed by atoms with van der Waals surface area (Å²) in [5, 5.41) is 3.51. The maximum absolute atomic E-state index is 12.7. The van der Waals surface area contributed by atoms with E-state index in [1.807, 2.05) is 4.90 Å². The Morgan fingerprint density at radius 3 is 2.50 bits per heavy atom. The van der Waals surface area contributed by atoms with Crippen molar-refractivity contribution >= 4 is 34.6 Å². The number of hydrogen-bond acceptors (Lipinski definition) is 7. The average Bonchev–Trinajstić information content (AvgIpc) is 3.11. The molecule has 2 amide bonds. The van der Waals surface area contributed by atoms with E-state index in [4.69, 9.17) is 14.2 Å². The number of aromatic amines is 1. The van der Waals surface area contributed by atoms with Crippen molar-refractivity contribution in [2.24, 2.45) is 0 Å². The number of methoxy groups -OCH3 is 2. The lowest BCUT2D eigenvalue weighted by molar-refractivity contribution is -0.117. The van der Waals surface area contributed by atoms with E-state index in [0.717, 1.165) is 0 Å². The van der Waals surface area contributed by atoms with E-state index < -0.39 is 5.97 Å². The molecule has 162 valence electrons. The van der Waals surface area contributed by atoms with Crippen LogP contribution in [0.1, 0.15) is 17.4 Å². The van der Waals surface area contributed by atoms with E-state index in [9.17, 15) is 14.4 Å². The Morgan fingerprint density at radius 1 is 1.13 bits per heavy atom. The van der Waals surface area contributed by atoms with E-state index in [1.165, 1.54) is 7.11 Å². The van der Waals surface area contributed by atoms with Crippen LogP contribution in [0.4, 0.5) is 10.5 Å². The van der Waals surface area contributed by atoms with Gasteiger partial charge in [-0.3, -0.25) is 9.69 Å².